The molecule has 2 heterocycles. The van der Waals surface area contributed by atoms with Gasteiger partial charge in [0.1, 0.15) is 5.58 Å². The molecule has 1 unspecified atom stereocenters. The van der Waals surface area contributed by atoms with E-state index in [1.807, 2.05) is 27.7 Å². The van der Waals surface area contributed by atoms with E-state index in [1.165, 1.54) is 17.0 Å². The standard InChI is InChI=1S/C31H28F3NO5/c1-5-12-39-23-11-10-19(15-25(23)38-6-2)27-26-28(36)22-13-17(3)18(4)14-24(22)40-29(26)30(37)35(27)21-9-7-8-20(16-21)31(32,33)34/h7-11,13-16,27H,5-6,12H2,1-4H3. The second kappa shape index (κ2) is 10.4. The summed E-state index contributed by atoms with van der Waals surface area (Å²) in [6.07, 6.45) is -3.85. The fourth-order valence-electron chi connectivity index (χ4n) is 4.94. The summed E-state index contributed by atoms with van der Waals surface area (Å²) in [5, 5.41) is 0.290. The molecule has 0 radical (unpaired) electrons. The van der Waals surface area contributed by atoms with Crippen LogP contribution in [0.15, 0.2) is 63.8 Å². The minimum absolute atomic E-state index is 0.0173. The first-order valence-electron chi connectivity index (χ1n) is 13.0. The van der Waals surface area contributed by atoms with Crippen molar-refractivity contribution in [3.05, 3.63) is 98.4 Å². The molecule has 0 saturated carbocycles. The number of halogens is 3. The molecule has 4 aromatic rings. The molecule has 1 aliphatic rings. The van der Waals surface area contributed by atoms with E-state index in [0.29, 0.717) is 35.7 Å². The summed E-state index contributed by atoms with van der Waals surface area (Å²) < 4.78 is 58.6. The molecule has 1 amide bonds. The Labute approximate surface area is 228 Å². The van der Waals surface area contributed by atoms with Gasteiger partial charge >= 0.3 is 6.18 Å². The van der Waals surface area contributed by atoms with E-state index in [9.17, 15) is 22.8 Å². The lowest BCUT2D eigenvalue weighted by molar-refractivity contribution is -0.137. The largest absolute Gasteiger partial charge is 0.490 e. The molecule has 5 rings (SSSR count). The van der Waals surface area contributed by atoms with E-state index >= 15 is 0 Å². The minimum Gasteiger partial charge on any atom is -0.490 e. The highest BCUT2D eigenvalue weighted by atomic mass is 19.4. The van der Waals surface area contributed by atoms with Crippen molar-refractivity contribution >= 4 is 22.6 Å². The first-order valence-corrected chi connectivity index (χ1v) is 13.0. The lowest BCUT2D eigenvalue weighted by atomic mass is 9.96. The van der Waals surface area contributed by atoms with Crippen LogP contribution in [0.5, 0.6) is 11.5 Å². The van der Waals surface area contributed by atoms with Gasteiger partial charge in [-0.3, -0.25) is 14.5 Å². The van der Waals surface area contributed by atoms with Crippen LogP contribution >= 0.6 is 0 Å². The van der Waals surface area contributed by atoms with E-state index in [2.05, 4.69) is 0 Å². The zero-order chi connectivity index (χ0) is 28.8. The van der Waals surface area contributed by atoms with Gasteiger partial charge in [0, 0.05) is 5.69 Å². The number of ether oxygens (including phenoxy) is 2. The second-order valence-electron chi connectivity index (χ2n) is 9.72. The van der Waals surface area contributed by atoms with Gasteiger partial charge in [-0.2, -0.15) is 13.2 Å². The summed E-state index contributed by atoms with van der Waals surface area (Å²) in [6.45, 7) is 8.28. The highest BCUT2D eigenvalue weighted by Crippen LogP contribution is 2.44. The van der Waals surface area contributed by atoms with Gasteiger partial charge in [0.25, 0.3) is 5.91 Å². The number of fused-ring (bicyclic) bond motifs is 2. The minimum atomic E-state index is -4.63. The quantitative estimate of drug-likeness (QED) is 0.240. The molecular formula is C31H28F3NO5. The number of carbonyl (C=O) groups excluding carboxylic acids is 1. The Morgan fingerprint density at radius 1 is 0.925 bits per heavy atom. The average molecular weight is 552 g/mol. The zero-order valence-electron chi connectivity index (χ0n) is 22.5. The lowest BCUT2D eigenvalue weighted by Gasteiger charge is -2.26. The fourth-order valence-corrected chi connectivity index (χ4v) is 4.94. The summed E-state index contributed by atoms with van der Waals surface area (Å²) in [6, 6.07) is 11.8. The maximum Gasteiger partial charge on any atom is 0.416 e. The molecular weight excluding hydrogens is 523 g/mol. The monoisotopic (exact) mass is 551 g/mol. The molecule has 0 fully saturated rings. The van der Waals surface area contributed by atoms with Crippen molar-refractivity contribution in [1.82, 2.24) is 0 Å². The van der Waals surface area contributed by atoms with Gasteiger partial charge in [0.2, 0.25) is 5.76 Å². The molecule has 0 bridgehead atoms. The van der Waals surface area contributed by atoms with Gasteiger partial charge in [-0.05, 0) is 86.3 Å². The van der Waals surface area contributed by atoms with E-state index in [-0.39, 0.29) is 22.6 Å². The van der Waals surface area contributed by atoms with Crippen LogP contribution in [-0.4, -0.2) is 19.1 Å². The van der Waals surface area contributed by atoms with Crippen molar-refractivity contribution in [1.29, 1.82) is 0 Å². The maximum atomic E-state index is 14.0. The maximum absolute atomic E-state index is 14.0. The Morgan fingerprint density at radius 2 is 1.68 bits per heavy atom. The predicted molar refractivity (Wildman–Crippen MR) is 145 cm³/mol. The number of anilines is 1. The van der Waals surface area contributed by atoms with E-state index in [0.717, 1.165) is 29.7 Å². The average Bonchev–Trinajstić information content (AvgIpc) is 3.21. The molecule has 1 aromatic heterocycles. The number of alkyl halides is 3. The molecule has 0 saturated heterocycles. The molecule has 6 nitrogen and oxygen atoms in total. The van der Waals surface area contributed by atoms with Crippen LogP contribution in [0.3, 0.4) is 0 Å². The second-order valence-corrected chi connectivity index (χ2v) is 9.72. The lowest BCUT2D eigenvalue weighted by Crippen LogP contribution is -2.29. The smallest absolute Gasteiger partial charge is 0.416 e. The zero-order valence-corrected chi connectivity index (χ0v) is 22.5. The van der Waals surface area contributed by atoms with Crippen molar-refractivity contribution in [2.24, 2.45) is 0 Å². The molecule has 9 heteroatoms. The molecule has 0 N–H and O–H groups in total. The molecule has 40 heavy (non-hydrogen) atoms. The summed E-state index contributed by atoms with van der Waals surface area (Å²) in [7, 11) is 0. The normalized spacial score (nSPS) is 15.0. The van der Waals surface area contributed by atoms with Gasteiger partial charge in [0.15, 0.2) is 16.9 Å². The molecule has 0 spiro atoms. The topological polar surface area (TPSA) is 69.0 Å². The number of aryl methyl sites for hydroxylation is 2. The number of hydrogen-bond acceptors (Lipinski definition) is 5. The van der Waals surface area contributed by atoms with Crippen molar-refractivity contribution in [2.75, 3.05) is 18.1 Å². The Kier molecular flexibility index (Phi) is 7.08. The van der Waals surface area contributed by atoms with E-state index in [1.54, 1.807) is 30.3 Å². The van der Waals surface area contributed by atoms with Crippen LogP contribution in [0.1, 0.15) is 64.7 Å². The van der Waals surface area contributed by atoms with Crippen molar-refractivity contribution in [3.8, 4) is 11.5 Å². The Morgan fingerprint density at radius 3 is 2.38 bits per heavy atom. The van der Waals surface area contributed by atoms with E-state index < -0.39 is 29.1 Å². The third kappa shape index (κ3) is 4.69. The summed E-state index contributed by atoms with van der Waals surface area (Å²) >= 11 is 0. The summed E-state index contributed by atoms with van der Waals surface area (Å²) in [5.41, 5.74) is 1.15. The SMILES string of the molecule is CCCOc1ccc(C2c3c(oc4cc(C)c(C)cc4c3=O)C(=O)N2c2cccc(C(F)(F)F)c2)cc1OCC. The summed E-state index contributed by atoms with van der Waals surface area (Å²) in [5.74, 6) is -0.0255. The van der Waals surface area contributed by atoms with Crippen LogP contribution in [-0.2, 0) is 6.18 Å². The van der Waals surface area contributed by atoms with E-state index in [4.69, 9.17) is 13.9 Å². The highest BCUT2D eigenvalue weighted by molar-refractivity contribution is 6.10. The van der Waals surface area contributed by atoms with Crippen molar-refractivity contribution < 1.29 is 31.9 Å². The van der Waals surface area contributed by atoms with Crippen molar-refractivity contribution in [3.63, 3.8) is 0 Å². The Balaban J connectivity index is 1.77. The molecule has 1 aliphatic heterocycles. The molecule has 208 valence electrons. The number of benzene rings is 3. The third-order valence-corrected chi connectivity index (χ3v) is 6.98. The Bertz CT molecular complexity index is 1670. The summed E-state index contributed by atoms with van der Waals surface area (Å²) in [4.78, 5) is 29.0. The van der Waals surface area contributed by atoms with Gasteiger partial charge < -0.3 is 13.9 Å². The van der Waals surface area contributed by atoms with Gasteiger partial charge in [-0.25, -0.2) is 0 Å². The van der Waals surface area contributed by atoms with Gasteiger partial charge in [-0.15, -0.1) is 0 Å². The predicted octanol–water partition coefficient (Wildman–Crippen LogP) is 7.37. The number of hydrogen-bond donors (Lipinski definition) is 0. The third-order valence-electron chi connectivity index (χ3n) is 6.98. The molecule has 3 aromatic carbocycles. The van der Waals surface area contributed by atoms with Gasteiger partial charge in [-0.1, -0.05) is 19.1 Å². The van der Waals surface area contributed by atoms with Crippen LogP contribution in [0.25, 0.3) is 11.0 Å². The number of amides is 1. The van der Waals surface area contributed by atoms with Crippen LogP contribution < -0.4 is 19.8 Å². The first kappa shape index (κ1) is 27.3. The van der Waals surface area contributed by atoms with Crippen LogP contribution in [0.2, 0.25) is 0 Å². The van der Waals surface area contributed by atoms with Crippen LogP contribution in [0, 0.1) is 13.8 Å². The number of carbonyl (C=O) groups is 1. The first-order chi connectivity index (χ1) is 19.0. The molecule has 0 aliphatic carbocycles. The number of rotatable bonds is 7. The van der Waals surface area contributed by atoms with Crippen molar-refractivity contribution in [2.45, 2.75) is 46.3 Å². The fraction of sp³-hybridized carbons (Fsp3) is 0.290. The highest BCUT2D eigenvalue weighted by Gasteiger charge is 2.44. The van der Waals surface area contributed by atoms with Gasteiger partial charge in [0.05, 0.1) is 35.8 Å². The molecule has 1 atom stereocenters. The number of nitrogens with zero attached hydrogens (tertiary/aromatic N) is 1. The van der Waals surface area contributed by atoms with Crippen LogP contribution in [0.4, 0.5) is 18.9 Å². The Hall–Kier alpha value is -4.27.